The maximum absolute atomic E-state index is 13.3. The summed E-state index contributed by atoms with van der Waals surface area (Å²) in [7, 11) is 0. The van der Waals surface area contributed by atoms with Crippen LogP contribution >= 0.6 is 11.6 Å². The van der Waals surface area contributed by atoms with Crippen LogP contribution in [0, 0.1) is 5.82 Å². The van der Waals surface area contributed by atoms with Crippen molar-refractivity contribution in [3.05, 3.63) is 28.5 Å². The van der Waals surface area contributed by atoms with Gasteiger partial charge in [0.05, 0.1) is 11.6 Å². The lowest BCUT2D eigenvalue weighted by Crippen LogP contribution is -2.37. The highest BCUT2D eigenvalue weighted by molar-refractivity contribution is 6.32. The number of halogens is 2. The Morgan fingerprint density at radius 3 is 3.00 bits per heavy atom. The number of anilines is 1. The minimum atomic E-state index is -0.402. The molecule has 1 atom stereocenters. The summed E-state index contributed by atoms with van der Waals surface area (Å²) in [5.41, 5.74) is 1.66. The van der Waals surface area contributed by atoms with Gasteiger partial charge >= 0.3 is 5.97 Å². The Kier molecular flexibility index (Phi) is 2.47. The quantitative estimate of drug-likeness (QED) is 0.721. The van der Waals surface area contributed by atoms with E-state index < -0.39 is 5.82 Å². The molecule has 2 aliphatic rings. The number of hydrogen-bond acceptors (Lipinski definition) is 3. The first kappa shape index (κ1) is 10.8. The number of esters is 1. The lowest BCUT2D eigenvalue weighted by atomic mass is 10.1. The van der Waals surface area contributed by atoms with Gasteiger partial charge in [0.15, 0.2) is 0 Å². The first-order valence-electron chi connectivity index (χ1n) is 5.58. The van der Waals surface area contributed by atoms with Crippen molar-refractivity contribution in [3.63, 3.8) is 0 Å². The second kappa shape index (κ2) is 3.88. The van der Waals surface area contributed by atoms with Crippen LogP contribution in [0.4, 0.5) is 10.1 Å². The molecule has 0 saturated carbocycles. The third kappa shape index (κ3) is 1.59. The topological polar surface area (TPSA) is 29.5 Å². The van der Waals surface area contributed by atoms with Crippen molar-refractivity contribution in [1.29, 1.82) is 0 Å². The molecular weight excluding hydrogens is 245 g/mol. The molecule has 1 fully saturated rings. The Morgan fingerprint density at radius 1 is 1.47 bits per heavy atom. The van der Waals surface area contributed by atoms with Crippen LogP contribution in [0.1, 0.15) is 12.0 Å². The van der Waals surface area contributed by atoms with Gasteiger partial charge in [-0.05, 0) is 24.1 Å². The van der Waals surface area contributed by atoms with E-state index in [2.05, 4.69) is 0 Å². The molecule has 1 aromatic carbocycles. The number of ether oxygens (including phenoxy) is 1. The SMILES string of the molecule is O=C1OCC[C@@H]1N1CCc2c1ccc(F)c2Cl. The highest BCUT2D eigenvalue weighted by Crippen LogP contribution is 2.37. The van der Waals surface area contributed by atoms with Gasteiger partial charge in [-0.1, -0.05) is 11.6 Å². The van der Waals surface area contributed by atoms with Crippen LogP contribution in [0.2, 0.25) is 5.02 Å². The van der Waals surface area contributed by atoms with Gasteiger partial charge in [0.1, 0.15) is 11.9 Å². The standard InChI is InChI=1S/C12H11ClFNO2/c13-11-7-3-5-15(9(7)2-1-8(11)14)10-4-6-17-12(10)16/h1-2,10H,3-6H2/t10-/m0/s1. The molecule has 0 aromatic heterocycles. The number of nitrogens with zero attached hydrogens (tertiary/aromatic N) is 1. The molecule has 3 nitrogen and oxygen atoms in total. The minimum Gasteiger partial charge on any atom is -0.464 e. The molecule has 0 radical (unpaired) electrons. The molecule has 17 heavy (non-hydrogen) atoms. The van der Waals surface area contributed by atoms with Crippen LogP contribution in [0.3, 0.4) is 0 Å². The third-order valence-corrected chi connectivity index (χ3v) is 3.78. The predicted molar refractivity (Wildman–Crippen MR) is 61.8 cm³/mol. The zero-order valence-electron chi connectivity index (χ0n) is 9.08. The number of rotatable bonds is 1. The van der Waals surface area contributed by atoms with Crippen LogP contribution in [0.25, 0.3) is 0 Å². The summed E-state index contributed by atoms with van der Waals surface area (Å²) >= 11 is 5.93. The van der Waals surface area contributed by atoms with Crippen molar-refractivity contribution in [2.24, 2.45) is 0 Å². The van der Waals surface area contributed by atoms with E-state index in [1.165, 1.54) is 6.07 Å². The van der Waals surface area contributed by atoms with Gasteiger partial charge in [0.2, 0.25) is 0 Å². The maximum atomic E-state index is 13.3. The summed E-state index contributed by atoms with van der Waals surface area (Å²) in [6, 6.07) is 2.80. The second-order valence-corrected chi connectivity index (χ2v) is 4.65. The van der Waals surface area contributed by atoms with E-state index >= 15 is 0 Å². The molecule has 0 unspecified atom stereocenters. The Morgan fingerprint density at radius 2 is 2.29 bits per heavy atom. The Bertz CT molecular complexity index is 492. The summed E-state index contributed by atoms with van der Waals surface area (Å²) in [6.07, 6.45) is 1.36. The lowest BCUT2D eigenvalue weighted by molar-refractivity contribution is -0.139. The smallest absolute Gasteiger partial charge is 0.328 e. The molecule has 0 spiro atoms. The van der Waals surface area contributed by atoms with E-state index in [1.807, 2.05) is 4.90 Å². The van der Waals surface area contributed by atoms with E-state index in [1.54, 1.807) is 6.07 Å². The molecule has 1 saturated heterocycles. The normalized spacial score (nSPS) is 22.8. The van der Waals surface area contributed by atoms with Crippen LogP contribution in [0.15, 0.2) is 12.1 Å². The summed E-state index contributed by atoms with van der Waals surface area (Å²) in [5.74, 6) is -0.598. The van der Waals surface area contributed by atoms with E-state index in [0.717, 1.165) is 11.3 Å². The highest BCUT2D eigenvalue weighted by Gasteiger charge is 2.36. The number of fused-ring (bicyclic) bond motifs is 1. The van der Waals surface area contributed by atoms with E-state index in [4.69, 9.17) is 16.3 Å². The van der Waals surface area contributed by atoms with Gasteiger partial charge in [-0.2, -0.15) is 0 Å². The first-order chi connectivity index (χ1) is 8.18. The molecule has 5 heteroatoms. The van der Waals surface area contributed by atoms with Gasteiger partial charge in [-0.25, -0.2) is 9.18 Å². The van der Waals surface area contributed by atoms with Crippen molar-refractivity contribution in [1.82, 2.24) is 0 Å². The molecule has 0 amide bonds. The summed E-state index contributed by atoms with van der Waals surface area (Å²) in [6.45, 7) is 1.16. The molecule has 0 bridgehead atoms. The average Bonchev–Trinajstić information content (AvgIpc) is 2.89. The fourth-order valence-electron chi connectivity index (χ4n) is 2.53. The molecule has 0 N–H and O–H groups in total. The van der Waals surface area contributed by atoms with E-state index in [9.17, 15) is 9.18 Å². The summed E-state index contributed by atoms with van der Waals surface area (Å²) in [4.78, 5) is 13.5. The number of carbonyl (C=O) groups is 1. The Labute approximate surface area is 103 Å². The molecule has 1 aromatic rings. The fourth-order valence-corrected chi connectivity index (χ4v) is 2.79. The number of carbonyl (C=O) groups excluding carboxylic acids is 1. The molecule has 3 rings (SSSR count). The van der Waals surface area contributed by atoms with Crippen molar-refractivity contribution in [2.45, 2.75) is 18.9 Å². The predicted octanol–water partition coefficient (Wildman–Crippen LogP) is 2.16. The van der Waals surface area contributed by atoms with Crippen LogP contribution in [-0.2, 0) is 16.0 Å². The number of hydrogen-bond donors (Lipinski definition) is 0. The highest BCUT2D eigenvalue weighted by atomic mass is 35.5. The lowest BCUT2D eigenvalue weighted by Gasteiger charge is -2.23. The van der Waals surface area contributed by atoms with Crippen LogP contribution < -0.4 is 4.90 Å². The molecule has 2 heterocycles. The number of cyclic esters (lactones) is 1. The van der Waals surface area contributed by atoms with Crippen LogP contribution in [0.5, 0.6) is 0 Å². The van der Waals surface area contributed by atoms with Gasteiger partial charge in [-0.15, -0.1) is 0 Å². The van der Waals surface area contributed by atoms with Crippen molar-refractivity contribution in [2.75, 3.05) is 18.1 Å². The maximum Gasteiger partial charge on any atom is 0.328 e. The van der Waals surface area contributed by atoms with Gasteiger partial charge < -0.3 is 9.64 Å². The zero-order chi connectivity index (χ0) is 12.0. The van der Waals surface area contributed by atoms with Crippen molar-refractivity contribution >= 4 is 23.3 Å². The Balaban J connectivity index is 1.99. The molecular formula is C12H11ClFNO2. The van der Waals surface area contributed by atoms with Gasteiger partial charge in [0, 0.05) is 18.7 Å². The Hall–Kier alpha value is -1.29. The molecule has 0 aliphatic carbocycles. The largest absolute Gasteiger partial charge is 0.464 e. The zero-order valence-corrected chi connectivity index (χ0v) is 9.84. The first-order valence-corrected chi connectivity index (χ1v) is 5.96. The summed E-state index contributed by atoms with van der Waals surface area (Å²) in [5, 5.41) is 0.177. The third-order valence-electron chi connectivity index (χ3n) is 3.37. The molecule has 2 aliphatic heterocycles. The van der Waals surface area contributed by atoms with E-state index in [-0.39, 0.29) is 17.0 Å². The van der Waals surface area contributed by atoms with Crippen molar-refractivity contribution < 1.29 is 13.9 Å². The van der Waals surface area contributed by atoms with Crippen molar-refractivity contribution in [3.8, 4) is 0 Å². The average molecular weight is 256 g/mol. The summed E-state index contributed by atoms with van der Waals surface area (Å²) < 4.78 is 18.3. The van der Waals surface area contributed by atoms with Crippen LogP contribution in [-0.4, -0.2) is 25.2 Å². The minimum absolute atomic E-state index is 0.177. The number of benzene rings is 1. The molecule has 90 valence electrons. The monoisotopic (exact) mass is 255 g/mol. The van der Waals surface area contributed by atoms with Gasteiger partial charge in [0.25, 0.3) is 0 Å². The van der Waals surface area contributed by atoms with Gasteiger partial charge in [-0.3, -0.25) is 0 Å². The second-order valence-electron chi connectivity index (χ2n) is 4.27. The fraction of sp³-hybridized carbons (Fsp3) is 0.417. The van der Waals surface area contributed by atoms with E-state index in [0.29, 0.717) is 26.0 Å².